The molecule has 0 radical (unpaired) electrons. The van der Waals surface area contributed by atoms with Crippen LogP contribution in [0.1, 0.15) is 84.0 Å². The van der Waals surface area contributed by atoms with Crippen molar-refractivity contribution in [3.05, 3.63) is 190 Å². The molecule has 6 aromatic rings. The average molecular weight is 731 g/mol. The van der Waals surface area contributed by atoms with Gasteiger partial charge in [-0.15, -0.1) is 0 Å². The number of nitrogens with zero attached hydrogens (tertiary/aromatic N) is 1. The molecular weight excluding hydrogens is 679 g/mol. The molecule has 0 spiro atoms. The third-order valence-electron chi connectivity index (χ3n) is 11.9. The van der Waals surface area contributed by atoms with Gasteiger partial charge >= 0.3 is 0 Å². The minimum Gasteiger partial charge on any atom is -0.489 e. The van der Waals surface area contributed by atoms with Gasteiger partial charge in [0.25, 0.3) is 0 Å². The number of quaternary nitrogens is 1. The van der Waals surface area contributed by atoms with Gasteiger partial charge in [0.1, 0.15) is 49.0 Å². The molecule has 8 rings (SSSR count). The average Bonchev–Trinajstić information content (AvgIpc) is 3.39. The van der Waals surface area contributed by atoms with Crippen LogP contribution in [0.5, 0.6) is 11.5 Å². The first-order valence-corrected chi connectivity index (χ1v) is 20.0. The van der Waals surface area contributed by atoms with Gasteiger partial charge in [0.15, 0.2) is 0 Å². The van der Waals surface area contributed by atoms with Gasteiger partial charge in [0.05, 0.1) is 13.1 Å². The molecule has 0 aromatic heterocycles. The van der Waals surface area contributed by atoms with Crippen molar-refractivity contribution in [2.24, 2.45) is 0 Å². The Hall–Kier alpha value is -5.20. The number of ether oxygens (including phenoxy) is 2. The van der Waals surface area contributed by atoms with Gasteiger partial charge in [-0.3, -0.25) is 0 Å². The fourth-order valence-electron chi connectivity index (χ4n) is 9.17. The summed E-state index contributed by atoms with van der Waals surface area (Å²) >= 11 is 0. The quantitative estimate of drug-likeness (QED) is 0.0973. The van der Waals surface area contributed by atoms with Crippen LogP contribution in [0.2, 0.25) is 0 Å². The SMILES string of the molecule is CCCC[N+]1(CCCC)Cc2c(C(O)(c3ccccc3)c3ccccc3)ccc3c2-c2c(ccc(C(O)(c4ccccc4)c4ccccc4)c2C1)OCCO3. The Kier molecular flexibility index (Phi) is 10.4. The van der Waals surface area contributed by atoms with Crippen molar-refractivity contribution in [2.75, 3.05) is 26.3 Å². The predicted molar refractivity (Wildman–Crippen MR) is 220 cm³/mol. The third kappa shape index (κ3) is 6.54. The summed E-state index contributed by atoms with van der Waals surface area (Å²) in [7, 11) is 0. The molecule has 280 valence electrons. The van der Waals surface area contributed by atoms with Crippen LogP contribution in [-0.2, 0) is 24.3 Å². The number of unbranched alkanes of at least 4 members (excludes halogenated alkanes) is 2. The second kappa shape index (κ2) is 15.5. The second-order valence-electron chi connectivity index (χ2n) is 15.3. The van der Waals surface area contributed by atoms with Crippen molar-refractivity contribution in [3.8, 4) is 22.6 Å². The molecule has 5 nitrogen and oxygen atoms in total. The molecule has 0 aliphatic carbocycles. The molecular formula is C50H52NO4+. The monoisotopic (exact) mass is 730 g/mol. The van der Waals surface area contributed by atoms with Crippen LogP contribution in [0.3, 0.4) is 0 Å². The van der Waals surface area contributed by atoms with Gasteiger partial charge in [0.2, 0.25) is 0 Å². The standard InChI is InChI=1S/C50H52NO4/c1-3-5-31-51(32-6-4-2)35-41-43(49(52,37-19-11-7-12-20-37)38-21-13-8-14-22-38)27-29-45-47(41)48-42(36-51)44(28-30-46(48)55-34-33-54-45)50(53,39-23-15-9-16-24-39)40-25-17-10-18-26-40/h7-30,52-53H,3-6,31-36H2,1-2H3/q+1. The zero-order valence-electron chi connectivity index (χ0n) is 32.1. The Morgan fingerprint density at radius 2 is 0.800 bits per heavy atom. The molecule has 2 heterocycles. The summed E-state index contributed by atoms with van der Waals surface area (Å²) in [5.41, 5.74) is 6.01. The first-order chi connectivity index (χ1) is 26.9. The van der Waals surface area contributed by atoms with Crippen LogP contribution < -0.4 is 9.47 Å². The maximum Gasteiger partial charge on any atom is 0.141 e. The van der Waals surface area contributed by atoms with E-state index in [9.17, 15) is 10.2 Å². The highest BCUT2D eigenvalue weighted by Gasteiger charge is 2.46. The van der Waals surface area contributed by atoms with Crippen molar-refractivity contribution < 1.29 is 24.2 Å². The molecule has 2 aliphatic rings. The van der Waals surface area contributed by atoms with E-state index in [2.05, 4.69) is 38.1 Å². The van der Waals surface area contributed by atoms with Crippen molar-refractivity contribution in [1.82, 2.24) is 0 Å². The highest BCUT2D eigenvalue weighted by Crippen LogP contribution is 2.54. The highest BCUT2D eigenvalue weighted by atomic mass is 16.5. The molecule has 0 bridgehead atoms. The normalized spacial score (nSPS) is 14.8. The first kappa shape index (κ1) is 36.8. The van der Waals surface area contributed by atoms with E-state index < -0.39 is 11.2 Å². The van der Waals surface area contributed by atoms with Crippen LogP contribution >= 0.6 is 0 Å². The molecule has 55 heavy (non-hydrogen) atoms. The Bertz CT molecular complexity index is 1980. The summed E-state index contributed by atoms with van der Waals surface area (Å²) in [4.78, 5) is 0. The zero-order valence-corrected chi connectivity index (χ0v) is 32.1. The van der Waals surface area contributed by atoms with E-state index in [0.29, 0.717) is 26.3 Å². The van der Waals surface area contributed by atoms with Crippen molar-refractivity contribution in [2.45, 2.75) is 63.8 Å². The first-order valence-electron chi connectivity index (χ1n) is 20.0. The topological polar surface area (TPSA) is 58.9 Å². The van der Waals surface area contributed by atoms with Crippen molar-refractivity contribution in [1.29, 1.82) is 0 Å². The largest absolute Gasteiger partial charge is 0.489 e. The molecule has 0 saturated heterocycles. The van der Waals surface area contributed by atoms with E-state index in [1.165, 1.54) is 0 Å². The molecule has 2 N–H and O–H groups in total. The summed E-state index contributed by atoms with van der Waals surface area (Å²) in [6.07, 6.45) is 4.23. The Balaban J connectivity index is 1.52. The van der Waals surface area contributed by atoms with Crippen molar-refractivity contribution >= 4 is 0 Å². The van der Waals surface area contributed by atoms with E-state index >= 15 is 0 Å². The maximum atomic E-state index is 13.5. The molecule has 5 heteroatoms. The van der Waals surface area contributed by atoms with Gasteiger partial charge in [-0.05, 0) is 47.2 Å². The van der Waals surface area contributed by atoms with E-state index in [-0.39, 0.29) is 0 Å². The van der Waals surface area contributed by atoms with E-state index in [4.69, 9.17) is 9.47 Å². The van der Waals surface area contributed by atoms with Crippen LogP contribution in [0, 0.1) is 0 Å². The molecule has 0 unspecified atom stereocenters. The van der Waals surface area contributed by atoms with Gasteiger partial charge < -0.3 is 24.2 Å². The lowest BCUT2D eigenvalue weighted by Gasteiger charge is -2.41. The smallest absolute Gasteiger partial charge is 0.141 e. The van der Waals surface area contributed by atoms with Crippen LogP contribution in [0.25, 0.3) is 11.1 Å². The van der Waals surface area contributed by atoms with Gasteiger partial charge in [0, 0.05) is 33.4 Å². The number of aliphatic hydroxyl groups is 2. The van der Waals surface area contributed by atoms with Gasteiger partial charge in [-0.25, -0.2) is 0 Å². The minimum absolute atomic E-state index is 0.396. The lowest BCUT2D eigenvalue weighted by atomic mass is 9.74. The van der Waals surface area contributed by atoms with E-state index in [0.717, 1.165) is 110 Å². The molecule has 6 aromatic carbocycles. The van der Waals surface area contributed by atoms with Crippen LogP contribution in [0.4, 0.5) is 0 Å². The highest BCUT2D eigenvalue weighted by molar-refractivity contribution is 5.85. The second-order valence-corrected chi connectivity index (χ2v) is 15.3. The Labute approximate surface area is 326 Å². The molecule has 0 atom stereocenters. The fraction of sp³-hybridized carbons (Fsp3) is 0.280. The maximum absolute atomic E-state index is 13.5. The summed E-state index contributed by atoms with van der Waals surface area (Å²) in [6, 6.07) is 48.5. The lowest BCUT2D eigenvalue weighted by Crippen LogP contribution is -2.48. The summed E-state index contributed by atoms with van der Waals surface area (Å²) in [6.45, 7) is 8.60. The number of rotatable bonds is 12. The number of benzene rings is 6. The Morgan fingerprint density at radius 3 is 1.11 bits per heavy atom. The molecule has 0 saturated carbocycles. The fourth-order valence-corrected chi connectivity index (χ4v) is 9.17. The minimum atomic E-state index is -1.46. The van der Waals surface area contributed by atoms with Crippen LogP contribution in [0.15, 0.2) is 146 Å². The molecule has 0 fully saturated rings. The zero-order chi connectivity index (χ0) is 37.9. The number of hydrogen-bond acceptors (Lipinski definition) is 4. The molecule has 2 aliphatic heterocycles. The van der Waals surface area contributed by atoms with Crippen LogP contribution in [-0.4, -0.2) is 41.0 Å². The van der Waals surface area contributed by atoms with Crippen molar-refractivity contribution in [3.63, 3.8) is 0 Å². The van der Waals surface area contributed by atoms with E-state index in [1.807, 2.05) is 121 Å². The van der Waals surface area contributed by atoms with Gasteiger partial charge in [-0.1, -0.05) is 160 Å². The number of hydrogen-bond donors (Lipinski definition) is 2. The summed E-state index contributed by atoms with van der Waals surface area (Å²) in [5, 5.41) is 27.0. The third-order valence-corrected chi connectivity index (χ3v) is 11.9. The van der Waals surface area contributed by atoms with Gasteiger partial charge in [-0.2, -0.15) is 0 Å². The molecule has 0 amide bonds. The summed E-state index contributed by atoms with van der Waals surface area (Å²) in [5.74, 6) is 1.55. The predicted octanol–water partition coefficient (Wildman–Crippen LogP) is 10.1. The lowest BCUT2D eigenvalue weighted by molar-refractivity contribution is -0.953. The Morgan fingerprint density at radius 1 is 0.473 bits per heavy atom. The van der Waals surface area contributed by atoms with E-state index in [1.54, 1.807) is 0 Å². The summed E-state index contributed by atoms with van der Waals surface area (Å²) < 4.78 is 14.0.